The normalized spacial score (nSPS) is 17.7. The van der Waals surface area contributed by atoms with Crippen LogP contribution in [0.4, 0.5) is 0 Å². The lowest BCUT2D eigenvalue weighted by Gasteiger charge is -2.19. The zero-order valence-corrected chi connectivity index (χ0v) is 16.6. The van der Waals surface area contributed by atoms with Crippen LogP contribution in [0.25, 0.3) is 0 Å². The highest BCUT2D eigenvalue weighted by molar-refractivity contribution is 5.85. The van der Waals surface area contributed by atoms with E-state index in [-0.39, 0.29) is 36.8 Å². The predicted molar refractivity (Wildman–Crippen MR) is 111 cm³/mol. The lowest BCUT2D eigenvalue weighted by molar-refractivity contribution is -0.123. The largest absolute Gasteiger partial charge is 0.350 e. The minimum atomic E-state index is -0.603. The molecule has 0 saturated carbocycles. The minimum absolute atomic E-state index is 0. The first-order valence-electron chi connectivity index (χ1n) is 8.50. The van der Waals surface area contributed by atoms with Crippen molar-refractivity contribution >= 4 is 30.7 Å². The van der Waals surface area contributed by atoms with Gasteiger partial charge in [-0.15, -0.1) is 24.8 Å². The van der Waals surface area contributed by atoms with Crippen molar-refractivity contribution in [2.24, 2.45) is 5.73 Å². The van der Waals surface area contributed by atoms with Crippen molar-refractivity contribution in [1.82, 2.24) is 10.2 Å². The van der Waals surface area contributed by atoms with E-state index < -0.39 is 6.04 Å². The summed E-state index contributed by atoms with van der Waals surface area (Å²) in [6.07, 6.45) is 0.971. The molecule has 3 N–H and O–H groups in total. The van der Waals surface area contributed by atoms with Crippen LogP contribution in [-0.4, -0.2) is 29.9 Å². The van der Waals surface area contributed by atoms with Gasteiger partial charge >= 0.3 is 0 Å². The third-order valence-electron chi connectivity index (χ3n) is 4.59. The number of halogens is 2. The van der Waals surface area contributed by atoms with Gasteiger partial charge < -0.3 is 11.1 Å². The Bertz CT molecular complexity index is 679. The van der Waals surface area contributed by atoms with Crippen molar-refractivity contribution in [2.45, 2.75) is 32.0 Å². The molecule has 2 atom stereocenters. The fourth-order valence-electron chi connectivity index (χ4n) is 3.15. The Morgan fingerprint density at radius 2 is 1.81 bits per heavy atom. The van der Waals surface area contributed by atoms with Crippen molar-refractivity contribution in [3.8, 4) is 0 Å². The van der Waals surface area contributed by atoms with Gasteiger partial charge in [-0.25, -0.2) is 0 Å². The van der Waals surface area contributed by atoms with E-state index in [2.05, 4.69) is 34.5 Å². The van der Waals surface area contributed by atoms with Crippen LogP contribution in [0.1, 0.15) is 29.2 Å². The highest BCUT2D eigenvalue weighted by Crippen LogP contribution is 2.16. The maximum absolute atomic E-state index is 12.4. The molecule has 0 bridgehead atoms. The molecule has 3 rings (SSSR count). The van der Waals surface area contributed by atoms with Crippen molar-refractivity contribution in [3.05, 3.63) is 71.3 Å². The smallest absolute Gasteiger partial charge is 0.241 e. The topological polar surface area (TPSA) is 58.4 Å². The summed E-state index contributed by atoms with van der Waals surface area (Å²) in [7, 11) is 0. The Labute approximate surface area is 168 Å². The lowest BCUT2D eigenvalue weighted by atomic mass is 10.0. The number of carbonyl (C=O) groups is 1. The standard InChI is InChI=1S/C20H25N3O.2ClH/c1-15-7-9-17(10-8-15)19(21)20(24)22-18-11-12-23(14-18)13-16-5-3-2-4-6-16;;/h2-10,18-19H,11-14,21H2,1H3,(H,22,24);2*1H. The SMILES string of the molecule is Cc1ccc(C(N)C(=O)NC2CCN(Cc3ccccc3)C2)cc1.Cl.Cl. The van der Waals surface area contributed by atoms with Crippen LogP contribution in [0.3, 0.4) is 0 Å². The molecule has 1 amide bonds. The van der Waals surface area contributed by atoms with Crippen LogP contribution in [0.2, 0.25) is 0 Å². The van der Waals surface area contributed by atoms with Crippen LogP contribution in [0, 0.1) is 6.92 Å². The monoisotopic (exact) mass is 395 g/mol. The average Bonchev–Trinajstić information content (AvgIpc) is 3.02. The second kappa shape index (κ2) is 10.5. The highest BCUT2D eigenvalue weighted by Gasteiger charge is 2.26. The second-order valence-electron chi connectivity index (χ2n) is 6.60. The van der Waals surface area contributed by atoms with Crippen molar-refractivity contribution in [1.29, 1.82) is 0 Å². The zero-order valence-electron chi connectivity index (χ0n) is 14.9. The molecule has 2 unspecified atom stereocenters. The first-order chi connectivity index (χ1) is 11.6. The first kappa shape index (κ1) is 22.5. The summed E-state index contributed by atoms with van der Waals surface area (Å²) >= 11 is 0. The van der Waals surface area contributed by atoms with Crippen LogP contribution < -0.4 is 11.1 Å². The van der Waals surface area contributed by atoms with Gasteiger partial charge in [-0.3, -0.25) is 9.69 Å². The molecule has 1 saturated heterocycles. The number of nitrogens with one attached hydrogen (secondary N) is 1. The van der Waals surface area contributed by atoms with E-state index >= 15 is 0 Å². The number of rotatable bonds is 5. The summed E-state index contributed by atoms with van der Waals surface area (Å²) in [5, 5.41) is 3.10. The molecule has 1 aliphatic heterocycles. The molecule has 142 valence electrons. The fraction of sp³-hybridized carbons (Fsp3) is 0.350. The van der Waals surface area contributed by atoms with Gasteiger partial charge in [0.15, 0.2) is 0 Å². The summed E-state index contributed by atoms with van der Waals surface area (Å²) in [5.41, 5.74) is 9.43. The number of nitrogens with zero attached hydrogens (tertiary/aromatic N) is 1. The maximum atomic E-state index is 12.4. The highest BCUT2D eigenvalue weighted by atomic mass is 35.5. The third-order valence-corrected chi connectivity index (χ3v) is 4.59. The van der Waals surface area contributed by atoms with Crippen LogP contribution in [0.15, 0.2) is 54.6 Å². The Balaban J connectivity index is 0.00000169. The molecule has 1 aliphatic rings. The van der Waals surface area contributed by atoms with E-state index in [1.807, 2.05) is 37.3 Å². The van der Waals surface area contributed by atoms with E-state index in [9.17, 15) is 4.79 Å². The van der Waals surface area contributed by atoms with Gasteiger partial charge in [-0.1, -0.05) is 60.2 Å². The van der Waals surface area contributed by atoms with Gasteiger partial charge in [0.1, 0.15) is 6.04 Å². The molecular formula is C20H27Cl2N3O. The van der Waals surface area contributed by atoms with Gasteiger partial charge in [0, 0.05) is 25.7 Å². The fourth-order valence-corrected chi connectivity index (χ4v) is 3.15. The molecule has 26 heavy (non-hydrogen) atoms. The molecule has 0 aliphatic carbocycles. The number of nitrogens with two attached hydrogens (primary N) is 1. The first-order valence-corrected chi connectivity index (χ1v) is 8.50. The Morgan fingerprint density at radius 3 is 2.46 bits per heavy atom. The molecule has 4 nitrogen and oxygen atoms in total. The van der Waals surface area contributed by atoms with Crippen molar-refractivity contribution < 1.29 is 4.79 Å². The van der Waals surface area contributed by atoms with Crippen molar-refractivity contribution in [3.63, 3.8) is 0 Å². The van der Waals surface area contributed by atoms with Crippen LogP contribution >= 0.6 is 24.8 Å². The van der Waals surface area contributed by atoms with Gasteiger partial charge in [-0.05, 0) is 24.5 Å². The van der Waals surface area contributed by atoms with E-state index in [1.54, 1.807) is 0 Å². The van der Waals surface area contributed by atoms with Gasteiger partial charge in [0.05, 0.1) is 0 Å². The molecule has 0 radical (unpaired) electrons. The van der Waals surface area contributed by atoms with E-state index in [0.717, 1.165) is 31.6 Å². The number of hydrogen-bond donors (Lipinski definition) is 2. The quantitative estimate of drug-likeness (QED) is 0.816. The summed E-state index contributed by atoms with van der Waals surface area (Å²) in [4.78, 5) is 14.8. The summed E-state index contributed by atoms with van der Waals surface area (Å²) in [6, 6.07) is 17.8. The maximum Gasteiger partial charge on any atom is 0.241 e. The van der Waals surface area contributed by atoms with Gasteiger partial charge in [-0.2, -0.15) is 0 Å². The molecule has 6 heteroatoms. The minimum Gasteiger partial charge on any atom is -0.350 e. The number of carbonyl (C=O) groups excluding carboxylic acids is 1. The van der Waals surface area contributed by atoms with Crippen LogP contribution in [0.5, 0.6) is 0 Å². The molecule has 1 heterocycles. The second-order valence-corrected chi connectivity index (χ2v) is 6.60. The average molecular weight is 396 g/mol. The number of likely N-dealkylation sites (tertiary alicyclic amines) is 1. The van der Waals surface area contributed by atoms with E-state index in [1.165, 1.54) is 11.1 Å². The van der Waals surface area contributed by atoms with E-state index in [0.29, 0.717) is 0 Å². The molecular weight excluding hydrogens is 369 g/mol. The third kappa shape index (κ3) is 5.99. The van der Waals surface area contributed by atoms with E-state index in [4.69, 9.17) is 5.73 Å². The number of aryl methyl sites for hydroxylation is 1. The molecule has 2 aromatic carbocycles. The Morgan fingerprint density at radius 1 is 1.15 bits per heavy atom. The molecule has 0 aromatic heterocycles. The zero-order chi connectivity index (χ0) is 16.9. The summed E-state index contributed by atoms with van der Waals surface area (Å²) in [6.45, 7) is 4.83. The molecule has 1 fully saturated rings. The van der Waals surface area contributed by atoms with Crippen molar-refractivity contribution in [2.75, 3.05) is 13.1 Å². The van der Waals surface area contributed by atoms with Gasteiger partial charge in [0.2, 0.25) is 5.91 Å². The Hall–Kier alpha value is -1.59. The molecule has 0 spiro atoms. The summed E-state index contributed by atoms with van der Waals surface area (Å²) < 4.78 is 0. The lowest BCUT2D eigenvalue weighted by Crippen LogP contribution is -2.42. The number of amides is 1. The number of benzene rings is 2. The summed E-state index contributed by atoms with van der Waals surface area (Å²) in [5.74, 6) is -0.0922. The van der Waals surface area contributed by atoms with Gasteiger partial charge in [0.25, 0.3) is 0 Å². The Kier molecular flexibility index (Phi) is 9.09. The predicted octanol–water partition coefficient (Wildman–Crippen LogP) is 3.23. The number of hydrogen-bond acceptors (Lipinski definition) is 3. The molecule has 2 aromatic rings. The van der Waals surface area contributed by atoms with Crippen LogP contribution in [-0.2, 0) is 11.3 Å².